The Labute approximate surface area is 157 Å². The summed E-state index contributed by atoms with van der Waals surface area (Å²) in [6.45, 7) is 8.54. The maximum Gasteiger partial charge on any atom is 0.223 e. The molecule has 0 spiro atoms. The molecule has 2 heterocycles. The lowest BCUT2D eigenvalue weighted by Crippen LogP contribution is -2.44. The number of carbonyl (C=O) groups excluding carboxylic acids is 1. The van der Waals surface area contributed by atoms with E-state index in [1.54, 1.807) is 0 Å². The molecular formula is C21H33N3O2. The predicted molar refractivity (Wildman–Crippen MR) is 104 cm³/mol. The van der Waals surface area contributed by atoms with Crippen LogP contribution >= 0.6 is 0 Å². The molecule has 0 atom stereocenters. The van der Waals surface area contributed by atoms with Crippen LogP contribution in [0.15, 0.2) is 30.3 Å². The Kier molecular flexibility index (Phi) is 7.92. The molecule has 0 saturated carbocycles. The first-order valence-electron chi connectivity index (χ1n) is 10.2. The van der Waals surface area contributed by atoms with E-state index in [0.29, 0.717) is 0 Å². The fourth-order valence-electron chi connectivity index (χ4n) is 3.88. The summed E-state index contributed by atoms with van der Waals surface area (Å²) in [4.78, 5) is 17.2. The second-order valence-electron chi connectivity index (χ2n) is 7.45. The number of rotatable bonds is 8. The second-order valence-corrected chi connectivity index (χ2v) is 7.45. The maximum absolute atomic E-state index is 12.4. The largest absolute Gasteiger partial charge is 0.379 e. The molecule has 3 rings (SSSR count). The summed E-state index contributed by atoms with van der Waals surface area (Å²) in [7, 11) is 0. The fourth-order valence-corrected chi connectivity index (χ4v) is 3.88. The molecule has 144 valence electrons. The van der Waals surface area contributed by atoms with Crippen molar-refractivity contribution in [1.29, 1.82) is 0 Å². The van der Waals surface area contributed by atoms with Crippen molar-refractivity contribution in [3.63, 3.8) is 0 Å². The molecule has 2 aliphatic rings. The van der Waals surface area contributed by atoms with Gasteiger partial charge in [0.1, 0.15) is 0 Å². The highest BCUT2D eigenvalue weighted by atomic mass is 16.5. The van der Waals surface area contributed by atoms with Crippen LogP contribution < -0.4 is 5.32 Å². The van der Waals surface area contributed by atoms with Crippen molar-refractivity contribution in [2.45, 2.75) is 25.7 Å². The Bertz CT molecular complexity index is 523. The van der Waals surface area contributed by atoms with Crippen LogP contribution in [0, 0.1) is 5.92 Å². The van der Waals surface area contributed by atoms with Crippen LogP contribution in [-0.4, -0.2) is 74.7 Å². The molecule has 0 aliphatic carbocycles. The van der Waals surface area contributed by atoms with Gasteiger partial charge < -0.3 is 15.0 Å². The van der Waals surface area contributed by atoms with E-state index in [9.17, 15) is 4.79 Å². The van der Waals surface area contributed by atoms with Gasteiger partial charge in [-0.1, -0.05) is 30.3 Å². The lowest BCUT2D eigenvalue weighted by molar-refractivity contribution is -0.126. The van der Waals surface area contributed by atoms with Gasteiger partial charge in [0.05, 0.1) is 13.2 Å². The van der Waals surface area contributed by atoms with Gasteiger partial charge in [-0.05, 0) is 50.9 Å². The van der Waals surface area contributed by atoms with Crippen LogP contribution in [0.4, 0.5) is 0 Å². The van der Waals surface area contributed by atoms with E-state index in [1.165, 1.54) is 12.0 Å². The molecule has 2 saturated heterocycles. The molecule has 0 bridgehead atoms. The van der Waals surface area contributed by atoms with E-state index in [-0.39, 0.29) is 11.8 Å². The Hall–Kier alpha value is -1.43. The number of ether oxygens (including phenoxy) is 1. The van der Waals surface area contributed by atoms with Crippen LogP contribution in [0.2, 0.25) is 0 Å². The first kappa shape index (κ1) is 19.3. The lowest BCUT2D eigenvalue weighted by atomic mass is 9.95. The molecule has 2 aliphatic heterocycles. The quantitative estimate of drug-likeness (QED) is 0.769. The molecule has 1 N–H and O–H groups in total. The van der Waals surface area contributed by atoms with E-state index < -0.39 is 0 Å². The van der Waals surface area contributed by atoms with Crippen molar-refractivity contribution < 1.29 is 9.53 Å². The maximum atomic E-state index is 12.4. The normalized spacial score (nSPS) is 20.2. The van der Waals surface area contributed by atoms with E-state index >= 15 is 0 Å². The third-order valence-electron chi connectivity index (χ3n) is 5.57. The van der Waals surface area contributed by atoms with Gasteiger partial charge in [0.15, 0.2) is 0 Å². The Morgan fingerprint density at radius 3 is 2.42 bits per heavy atom. The molecule has 26 heavy (non-hydrogen) atoms. The van der Waals surface area contributed by atoms with E-state index in [2.05, 4.69) is 45.4 Å². The number of morpholine rings is 1. The smallest absolute Gasteiger partial charge is 0.223 e. The molecule has 0 unspecified atom stereocenters. The average molecular weight is 360 g/mol. The summed E-state index contributed by atoms with van der Waals surface area (Å²) >= 11 is 0. The highest BCUT2D eigenvalue weighted by Gasteiger charge is 2.24. The zero-order chi connectivity index (χ0) is 18.0. The molecule has 5 nitrogen and oxygen atoms in total. The number of amides is 1. The Balaban J connectivity index is 1.26. The number of hydrogen-bond acceptors (Lipinski definition) is 4. The number of likely N-dealkylation sites (tertiary alicyclic amines) is 1. The molecule has 1 amide bonds. The van der Waals surface area contributed by atoms with Gasteiger partial charge in [0.25, 0.3) is 0 Å². The number of aryl methyl sites for hydroxylation is 1. The Morgan fingerprint density at radius 2 is 1.69 bits per heavy atom. The standard InChI is InChI=1S/C21H33N3O2/c25-21(22-10-14-24-15-17-26-18-16-24)20-8-12-23(13-9-20)11-4-7-19-5-2-1-3-6-19/h1-3,5-6,20H,4,7-18H2,(H,22,25). The summed E-state index contributed by atoms with van der Waals surface area (Å²) < 4.78 is 5.35. The molecular weight excluding hydrogens is 326 g/mol. The SMILES string of the molecule is O=C(NCCN1CCOCC1)C1CCN(CCCc2ccccc2)CC1. The third kappa shape index (κ3) is 6.38. The van der Waals surface area contributed by atoms with E-state index in [1.807, 2.05) is 0 Å². The molecule has 0 radical (unpaired) electrons. The molecule has 0 aromatic heterocycles. The zero-order valence-corrected chi connectivity index (χ0v) is 15.9. The fraction of sp³-hybridized carbons (Fsp3) is 0.667. The zero-order valence-electron chi connectivity index (χ0n) is 15.9. The number of hydrogen-bond donors (Lipinski definition) is 1. The van der Waals surface area contributed by atoms with Crippen LogP contribution in [0.5, 0.6) is 0 Å². The van der Waals surface area contributed by atoms with Gasteiger partial charge in [-0.3, -0.25) is 9.69 Å². The number of carbonyl (C=O) groups is 1. The van der Waals surface area contributed by atoms with Gasteiger partial charge >= 0.3 is 0 Å². The molecule has 1 aromatic rings. The monoisotopic (exact) mass is 359 g/mol. The highest BCUT2D eigenvalue weighted by Crippen LogP contribution is 2.18. The van der Waals surface area contributed by atoms with Gasteiger partial charge in [-0.15, -0.1) is 0 Å². The van der Waals surface area contributed by atoms with Gasteiger partial charge in [-0.25, -0.2) is 0 Å². The van der Waals surface area contributed by atoms with Crippen LogP contribution in [0.1, 0.15) is 24.8 Å². The highest BCUT2D eigenvalue weighted by molar-refractivity contribution is 5.78. The minimum absolute atomic E-state index is 0.199. The minimum Gasteiger partial charge on any atom is -0.379 e. The van der Waals surface area contributed by atoms with Crippen LogP contribution in [0.3, 0.4) is 0 Å². The number of benzene rings is 1. The van der Waals surface area contributed by atoms with E-state index in [0.717, 1.165) is 78.3 Å². The van der Waals surface area contributed by atoms with Crippen molar-refractivity contribution in [2.75, 3.05) is 59.0 Å². The molecule has 5 heteroatoms. The number of nitrogens with one attached hydrogen (secondary N) is 1. The second kappa shape index (κ2) is 10.7. The van der Waals surface area contributed by atoms with Gasteiger partial charge in [0, 0.05) is 32.1 Å². The third-order valence-corrected chi connectivity index (χ3v) is 5.57. The van der Waals surface area contributed by atoms with Crippen LogP contribution in [-0.2, 0) is 16.0 Å². The molecule has 2 fully saturated rings. The van der Waals surface area contributed by atoms with Crippen molar-refractivity contribution >= 4 is 5.91 Å². The predicted octanol–water partition coefficient (Wildman–Crippen LogP) is 1.78. The van der Waals surface area contributed by atoms with Gasteiger partial charge in [-0.2, -0.15) is 0 Å². The summed E-state index contributed by atoms with van der Waals surface area (Å²) in [6, 6.07) is 10.7. The Morgan fingerprint density at radius 1 is 1.00 bits per heavy atom. The summed E-state index contributed by atoms with van der Waals surface area (Å²) in [5.41, 5.74) is 1.42. The van der Waals surface area contributed by atoms with Crippen molar-refractivity contribution in [1.82, 2.24) is 15.1 Å². The summed E-state index contributed by atoms with van der Waals surface area (Å²) in [5, 5.41) is 3.14. The first-order chi connectivity index (χ1) is 12.8. The minimum atomic E-state index is 0.199. The summed E-state index contributed by atoms with van der Waals surface area (Å²) in [6.07, 6.45) is 4.33. The van der Waals surface area contributed by atoms with Crippen molar-refractivity contribution in [2.24, 2.45) is 5.92 Å². The van der Waals surface area contributed by atoms with Crippen LogP contribution in [0.25, 0.3) is 0 Å². The summed E-state index contributed by atoms with van der Waals surface area (Å²) in [5.74, 6) is 0.451. The average Bonchev–Trinajstić information content (AvgIpc) is 2.70. The van der Waals surface area contributed by atoms with Crippen molar-refractivity contribution in [3.05, 3.63) is 35.9 Å². The molecule has 1 aromatic carbocycles. The lowest BCUT2D eigenvalue weighted by Gasteiger charge is -2.31. The van der Waals surface area contributed by atoms with Gasteiger partial charge in [0.2, 0.25) is 5.91 Å². The van der Waals surface area contributed by atoms with E-state index in [4.69, 9.17) is 4.74 Å². The number of nitrogens with zero attached hydrogens (tertiary/aromatic N) is 2. The number of piperidine rings is 1. The first-order valence-corrected chi connectivity index (χ1v) is 10.2. The topological polar surface area (TPSA) is 44.8 Å². The van der Waals surface area contributed by atoms with Crippen molar-refractivity contribution in [3.8, 4) is 0 Å².